The minimum atomic E-state index is -0.797. The summed E-state index contributed by atoms with van der Waals surface area (Å²) in [5.41, 5.74) is 0. The first kappa shape index (κ1) is 41.3. The molecule has 0 aliphatic rings. The molecule has 0 saturated carbocycles. The van der Waals surface area contributed by atoms with Gasteiger partial charge >= 0.3 is 11.9 Å². The number of esters is 2. The van der Waals surface area contributed by atoms with E-state index < -0.39 is 6.10 Å². The van der Waals surface area contributed by atoms with Crippen LogP contribution in [0.3, 0.4) is 0 Å². The predicted octanol–water partition coefficient (Wildman–Crippen LogP) is 10.6. The highest BCUT2D eigenvalue weighted by atomic mass is 16.6. The molecule has 250 valence electrons. The number of carbonyl (C=O) groups excluding carboxylic acids is 2. The normalized spacial score (nSPS) is 13.1. The quantitative estimate of drug-likeness (QED) is 0.0496. The van der Waals surface area contributed by atoms with E-state index in [9.17, 15) is 14.7 Å². The standard InChI is InChI=1S/C39H64O5/c1-3-5-7-9-11-13-15-17-19-21-23-25-27-29-31-33-38(41)43-36-37(35-40)44-39(42)34-32-30-28-26-24-22-20-18-16-14-12-10-8-6-4-2/h5,7,11-14,17-20,23,25,37,40H,3-4,6,8-10,15-16,21-22,24,26-36H2,1-2H3/t37-/m0/s1. The summed E-state index contributed by atoms with van der Waals surface area (Å²) in [4.78, 5) is 24.1. The van der Waals surface area contributed by atoms with Gasteiger partial charge in [0.15, 0.2) is 6.10 Å². The van der Waals surface area contributed by atoms with Crippen LogP contribution >= 0.6 is 0 Å². The Morgan fingerprint density at radius 2 is 0.977 bits per heavy atom. The Labute approximate surface area is 270 Å². The molecule has 0 spiro atoms. The predicted molar refractivity (Wildman–Crippen MR) is 186 cm³/mol. The molecule has 5 heteroatoms. The molecule has 0 aromatic carbocycles. The zero-order valence-electron chi connectivity index (χ0n) is 28.1. The van der Waals surface area contributed by atoms with Gasteiger partial charge in [-0.3, -0.25) is 9.59 Å². The first-order chi connectivity index (χ1) is 21.6. The van der Waals surface area contributed by atoms with Crippen LogP contribution in [-0.2, 0) is 19.1 Å². The molecule has 0 aliphatic carbocycles. The van der Waals surface area contributed by atoms with E-state index in [1.807, 2.05) is 0 Å². The van der Waals surface area contributed by atoms with Crippen molar-refractivity contribution in [3.05, 3.63) is 72.9 Å². The number of hydrogen-bond acceptors (Lipinski definition) is 5. The van der Waals surface area contributed by atoms with E-state index >= 15 is 0 Å². The van der Waals surface area contributed by atoms with Crippen LogP contribution in [0.1, 0.15) is 142 Å². The lowest BCUT2D eigenvalue weighted by molar-refractivity contribution is -0.161. The fraction of sp³-hybridized carbons (Fsp3) is 0.641. The van der Waals surface area contributed by atoms with Crippen molar-refractivity contribution in [2.24, 2.45) is 0 Å². The molecule has 1 atom stereocenters. The Kier molecular flexibility index (Phi) is 32.7. The molecule has 44 heavy (non-hydrogen) atoms. The second-order valence-corrected chi connectivity index (χ2v) is 11.2. The van der Waals surface area contributed by atoms with Crippen molar-refractivity contribution in [3.63, 3.8) is 0 Å². The van der Waals surface area contributed by atoms with Gasteiger partial charge in [0, 0.05) is 12.8 Å². The smallest absolute Gasteiger partial charge is 0.306 e. The summed E-state index contributed by atoms with van der Waals surface area (Å²) < 4.78 is 10.5. The Hall–Kier alpha value is -2.66. The van der Waals surface area contributed by atoms with Crippen LogP contribution in [0.15, 0.2) is 72.9 Å². The molecule has 0 radical (unpaired) electrons. The van der Waals surface area contributed by atoms with Crippen LogP contribution in [0.2, 0.25) is 0 Å². The molecule has 5 nitrogen and oxygen atoms in total. The van der Waals surface area contributed by atoms with E-state index in [4.69, 9.17) is 9.47 Å². The van der Waals surface area contributed by atoms with Crippen molar-refractivity contribution in [1.29, 1.82) is 0 Å². The topological polar surface area (TPSA) is 72.8 Å². The fourth-order valence-corrected chi connectivity index (χ4v) is 4.34. The lowest BCUT2D eigenvalue weighted by Crippen LogP contribution is -2.28. The van der Waals surface area contributed by atoms with Crippen LogP contribution in [0, 0.1) is 0 Å². The number of aliphatic hydroxyl groups is 1. The summed E-state index contributed by atoms with van der Waals surface area (Å²) in [5.74, 6) is -0.665. The minimum absolute atomic E-state index is 0.0971. The first-order valence-electron chi connectivity index (χ1n) is 17.5. The molecule has 0 aromatic rings. The Morgan fingerprint density at radius 3 is 1.52 bits per heavy atom. The lowest BCUT2D eigenvalue weighted by atomic mass is 10.1. The number of carbonyl (C=O) groups is 2. The molecule has 0 aliphatic heterocycles. The summed E-state index contributed by atoms with van der Waals surface area (Å²) in [5, 5.41) is 9.51. The molecular weight excluding hydrogens is 548 g/mol. The molecule has 0 heterocycles. The van der Waals surface area contributed by atoms with Gasteiger partial charge < -0.3 is 14.6 Å². The largest absolute Gasteiger partial charge is 0.462 e. The molecule has 0 rings (SSSR count). The summed E-state index contributed by atoms with van der Waals surface area (Å²) in [6, 6.07) is 0. The second-order valence-electron chi connectivity index (χ2n) is 11.2. The van der Waals surface area contributed by atoms with Crippen LogP contribution in [0.25, 0.3) is 0 Å². The summed E-state index contributed by atoms with van der Waals surface area (Å²) in [6.45, 7) is 3.92. The van der Waals surface area contributed by atoms with Gasteiger partial charge in [-0.25, -0.2) is 0 Å². The Morgan fingerprint density at radius 1 is 0.545 bits per heavy atom. The van der Waals surface area contributed by atoms with E-state index in [2.05, 4.69) is 86.8 Å². The van der Waals surface area contributed by atoms with Crippen molar-refractivity contribution < 1.29 is 24.2 Å². The van der Waals surface area contributed by atoms with Crippen molar-refractivity contribution in [2.45, 2.75) is 148 Å². The zero-order chi connectivity index (χ0) is 32.2. The molecule has 0 bridgehead atoms. The monoisotopic (exact) mass is 612 g/mol. The van der Waals surface area contributed by atoms with Gasteiger partial charge in [0.05, 0.1) is 6.61 Å². The maximum atomic E-state index is 12.1. The SMILES string of the molecule is CCC=CCC=CCC=CCC=CCCCCC(=O)OC[C@H](CO)OC(=O)CCCCCCCC=CCC=CCCCCC. The van der Waals surface area contributed by atoms with Gasteiger partial charge in [0.2, 0.25) is 0 Å². The van der Waals surface area contributed by atoms with E-state index in [0.717, 1.165) is 83.5 Å². The molecule has 1 N–H and O–H groups in total. The highest BCUT2D eigenvalue weighted by molar-refractivity contribution is 5.70. The molecule has 0 saturated heterocycles. The highest BCUT2D eigenvalue weighted by Crippen LogP contribution is 2.10. The number of unbranched alkanes of at least 4 members (excludes halogenated alkanes) is 10. The molecule has 0 amide bonds. The fourth-order valence-electron chi connectivity index (χ4n) is 4.34. The van der Waals surface area contributed by atoms with E-state index in [1.165, 1.54) is 32.1 Å². The van der Waals surface area contributed by atoms with E-state index in [1.54, 1.807) is 0 Å². The van der Waals surface area contributed by atoms with Gasteiger partial charge in [-0.1, -0.05) is 119 Å². The van der Waals surface area contributed by atoms with Gasteiger partial charge in [-0.05, 0) is 83.5 Å². The first-order valence-corrected chi connectivity index (χ1v) is 17.5. The van der Waals surface area contributed by atoms with Gasteiger partial charge in [-0.2, -0.15) is 0 Å². The van der Waals surface area contributed by atoms with E-state index in [-0.39, 0.29) is 25.2 Å². The van der Waals surface area contributed by atoms with Gasteiger partial charge in [-0.15, -0.1) is 0 Å². The molecule has 0 aromatic heterocycles. The molecular formula is C39H64O5. The van der Waals surface area contributed by atoms with Crippen molar-refractivity contribution >= 4 is 11.9 Å². The number of allylic oxidation sites excluding steroid dienone is 12. The number of rotatable bonds is 30. The lowest BCUT2D eigenvalue weighted by Gasteiger charge is -2.15. The van der Waals surface area contributed by atoms with Crippen LogP contribution < -0.4 is 0 Å². The number of ether oxygens (including phenoxy) is 2. The summed E-state index contributed by atoms with van der Waals surface area (Å²) in [7, 11) is 0. The van der Waals surface area contributed by atoms with Crippen LogP contribution in [-0.4, -0.2) is 36.4 Å². The number of aliphatic hydroxyl groups excluding tert-OH is 1. The Bertz CT molecular complexity index is 833. The third-order valence-corrected chi connectivity index (χ3v) is 6.98. The average molecular weight is 613 g/mol. The highest BCUT2D eigenvalue weighted by Gasteiger charge is 2.16. The average Bonchev–Trinajstić information content (AvgIpc) is 3.02. The maximum absolute atomic E-state index is 12.1. The van der Waals surface area contributed by atoms with Crippen molar-refractivity contribution in [2.75, 3.05) is 13.2 Å². The summed E-state index contributed by atoms with van der Waals surface area (Å²) in [6.07, 6.45) is 45.2. The minimum Gasteiger partial charge on any atom is -0.462 e. The third kappa shape index (κ3) is 32.3. The van der Waals surface area contributed by atoms with Gasteiger partial charge in [0.25, 0.3) is 0 Å². The van der Waals surface area contributed by atoms with Crippen LogP contribution in [0.5, 0.6) is 0 Å². The number of hydrogen-bond donors (Lipinski definition) is 1. The Balaban J connectivity index is 3.71. The maximum Gasteiger partial charge on any atom is 0.306 e. The molecule has 0 fully saturated rings. The van der Waals surface area contributed by atoms with E-state index in [0.29, 0.717) is 12.8 Å². The second kappa shape index (κ2) is 34.8. The van der Waals surface area contributed by atoms with Gasteiger partial charge in [0.1, 0.15) is 6.61 Å². The third-order valence-electron chi connectivity index (χ3n) is 6.98. The summed E-state index contributed by atoms with van der Waals surface area (Å²) >= 11 is 0. The molecule has 0 unspecified atom stereocenters. The van der Waals surface area contributed by atoms with Crippen molar-refractivity contribution in [3.8, 4) is 0 Å². The van der Waals surface area contributed by atoms with Crippen molar-refractivity contribution in [1.82, 2.24) is 0 Å². The van der Waals surface area contributed by atoms with Crippen LogP contribution in [0.4, 0.5) is 0 Å². The zero-order valence-corrected chi connectivity index (χ0v) is 28.1.